The van der Waals surface area contributed by atoms with Crippen molar-refractivity contribution in [3.63, 3.8) is 0 Å². The lowest BCUT2D eigenvalue weighted by molar-refractivity contribution is -0.122. The highest BCUT2D eigenvalue weighted by Gasteiger charge is 2.11. The molecule has 3 aromatic rings. The van der Waals surface area contributed by atoms with Crippen LogP contribution < -0.4 is 10.9 Å². The van der Waals surface area contributed by atoms with Crippen LogP contribution in [-0.4, -0.2) is 15.7 Å². The van der Waals surface area contributed by atoms with Crippen LogP contribution in [0.2, 0.25) is 5.02 Å². The molecule has 5 nitrogen and oxygen atoms in total. The second-order valence-corrected chi connectivity index (χ2v) is 6.82. The molecule has 1 atom stereocenters. The number of rotatable bonds is 6. The Bertz CT molecular complexity index is 1030. The molecule has 144 valence electrons. The number of aryl methyl sites for hydroxylation is 1. The Morgan fingerprint density at radius 1 is 1.18 bits per heavy atom. The highest BCUT2D eigenvalue weighted by atomic mass is 35.5. The average Bonchev–Trinajstić information content (AvgIpc) is 2.68. The van der Waals surface area contributed by atoms with E-state index in [9.17, 15) is 14.0 Å². The summed E-state index contributed by atoms with van der Waals surface area (Å²) in [5.41, 5.74) is 1.90. The number of carbonyl (C=O) groups is 1. The number of aromatic nitrogens is 2. The summed E-state index contributed by atoms with van der Waals surface area (Å²) in [6.07, 6.45) is 0.0947. The highest BCUT2D eigenvalue weighted by Crippen LogP contribution is 2.19. The van der Waals surface area contributed by atoms with Gasteiger partial charge in [-0.3, -0.25) is 9.59 Å². The minimum Gasteiger partial charge on any atom is -0.350 e. The maximum Gasteiger partial charge on any atom is 0.266 e. The van der Waals surface area contributed by atoms with E-state index in [1.807, 2.05) is 13.0 Å². The Kier molecular flexibility index (Phi) is 6.21. The Hall–Kier alpha value is -2.99. The minimum absolute atomic E-state index is 0.0947. The summed E-state index contributed by atoms with van der Waals surface area (Å²) in [6.45, 7) is 1.96. The molecule has 0 aliphatic rings. The standard InChI is InChI=1S/C21H19ClFN3O2/c1-14(15-5-7-18(23)8-6-15)24-20(27)11-12-26-21(28)10-9-19(25-26)16-3-2-4-17(22)13-16/h2-10,13-14H,11-12H2,1H3,(H,24,27). The van der Waals surface area contributed by atoms with Crippen LogP contribution in [0.3, 0.4) is 0 Å². The van der Waals surface area contributed by atoms with Crippen LogP contribution in [0.15, 0.2) is 65.5 Å². The second-order valence-electron chi connectivity index (χ2n) is 6.38. The number of amides is 1. The van der Waals surface area contributed by atoms with Crippen molar-refractivity contribution >= 4 is 17.5 Å². The monoisotopic (exact) mass is 399 g/mol. The Balaban J connectivity index is 1.65. The van der Waals surface area contributed by atoms with Gasteiger partial charge < -0.3 is 5.32 Å². The Morgan fingerprint density at radius 2 is 1.93 bits per heavy atom. The molecule has 1 heterocycles. The van der Waals surface area contributed by atoms with Crippen molar-refractivity contribution in [3.8, 4) is 11.3 Å². The second kappa shape index (κ2) is 8.80. The van der Waals surface area contributed by atoms with Crippen molar-refractivity contribution in [1.82, 2.24) is 15.1 Å². The molecule has 0 bridgehead atoms. The molecule has 0 fully saturated rings. The van der Waals surface area contributed by atoms with Crippen molar-refractivity contribution in [2.75, 3.05) is 0 Å². The number of benzene rings is 2. The Morgan fingerprint density at radius 3 is 2.64 bits per heavy atom. The van der Waals surface area contributed by atoms with Crippen molar-refractivity contribution < 1.29 is 9.18 Å². The smallest absolute Gasteiger partial charge is 0.266 e. The lowest BCUT2D eigenvalue weighted by atomic mass is 10.1. The average molecular weight is 400 g/mol. The van der Waals surface area contributed by atoms with E-state index in [2.05, 4.69) is 10.4 Å². The first-order chi connectivity index (χ1) is 13.4. The predicted octanol–water partition coefficient (Wildman–Crippen LogP) is 3.97. The van der Waals surface area contributed by atoms with E-state index < -0.39 is 0 Å². The van der Waals surface area contributed by atoms with Crippen LogP contribution in [0.4, 0.5) is 4.39 Å². The van der Waals surface area contributed by atoms with Gasteiger partial charge in [-0.15, -0.1) is 0 Å². The van der Waals surface area contributed by atoms with E-state index in [-0.39, 0.29) is 36.3 Å². The lowest BCUT2D eigenvalue weighted by Gasteiger charge is -2.14. The van der Waals surface area contributed by atoms with E-state index in [1.165, 1.54) is 22.9 Å². The van der Waals surface area contributed by atoms with Crippen molar-refractivity contribution in [3.05, 3.63) is 87.4 Å². The summed E-state index contributed by atoms with van der Waals surface area (Å²) in [7, 11) is 0. The summed E-state index contributed by atoms with van der Waals surface area (Å²) in [6, 6.07) is 15.9. The lowest BCUT2D eigenvalue weighted by Crippen LogP contribution is -2.30. The first-order valence-corrected chi connectivity index (χ1v) is 9.19. The molecule has 0 radical (unpaired) electrons. The van der Waals surface area contributed by atoms with Gasteiger partial charge in [0.2, 0.25) is 5.91 Å². The third kappa shape index (κ3) is 5.04. The number of hydrogen-bond acceptors (Lipinski definition) is 3. The van der Waals surface area contributed by atoms with Gasteiger partial charge in [0.1, 0.15) is 5.82 Å². The molecule has 0 spiro atoms. The number of hydrogen-bond donors (Lipinski definition) is 1. The third-order valence-corrected chi connectivity index (χ3v) is 4.52. The summed E-state index contributed by atoms with van der Waals surface area (Å²) in [4.78, 5) is 24.3. The molecule has 1 aromatic heterocycles. The molecule has 2 aromatic carbocycles. The molecule has 28 heavy (non-hydrogen) atoms. The van der Waals surface area contributed by atoms with E-state index in [0.717, 1.165) is 11.1 Å². The van der Waals surface area contributed by atoms with Crippen LogP contribution >= 0.6 is 11.6 Å². The number of nitrogens with one attached hydrogen (secondary N) is 1. The number of carbonyl (C=O) groups excluding carboxylic acids is 1. The molecule has 1 unspecified atom stereocenters. The van der Waals surface area contributed by atoms with Gasteiger partial charge in [-0.05, 0) is 42.8 Å². The highest BCUT2D eigenvalue weighted by molar-refractivity contribution is 6.30. The zero-order valence-electron chi connectivity index (χ0n) is 15.2. The molecule has 0 saturated heterocycles. The van der Waals surface area contributed by atoms with Crippen LogP contribution in [0.25, 0.3) is 11.3 Å². The minimum atomic E-state index is -0.327. The quantitative estimate of drug-likeness (QED) is 0.682. The summed E-state index contributed by atoms with van der Waals surface area (Å²) in [5.74, 6) is -0.550. The van der Waals surface area contributed by atoms with E-state index >= 15 is 0 Å². The van der Waals surface area contributed by atoms with Crippen molar-refractivity contribution in [2.24, 2.45) is 0 Å². The van der Waals surface area contributed by atoms with Gasteiger partial charge in [0, 0.05) is 23.1 Å². The Labute approximate surface area is 166 Å². The SMILES string of the molecule is CC(NC(=O)CCn1nc(-c2cccc(Cl)c2)ccc1=O)c1ccc(F)cc1. The largest absolute Gasteiger partial charge is 0.350 e. The van der Waals surface area contributed by atoms with Gasteiger partial charge in [0.05, 0.1) is 18.3 Å². The summed E-state index contributed by atoms with van der Waals surface area (Å²) >= 11 is 6.01. The van der Waals surface area contributed by atoms with Crippen LogP contribution in [0.5, 0.6) is 0 Å². The zero-order valence-corrected chi connectivity index (χ0v) is 16.0. The molecule has 1 amide bonds. The normalized spacial score (nSPS) is 11.8. The van der Waals surface area contributed by atoms with Crippen LogP contribution in [0.1, 0.15) is 24.9 Å². The van der Waals surface area contributed by atoms with E-state index in [0.29, 0.717) is 10.7 Å². The number of nitrogens with zero attached hydrogens (tertiary/aromatic N) is 2. The fourth-order valence-corrected chi connectivity index (χ4v) is 2.96. The fraction of sp³-hybridized carbons (Fsp3) is 0.190. The van der Waals surface area contributed by atoms with Gasteiger partial charge >= 0.3 is 0 Å². The van der Waals surface area contributed by atoms with E-state index in [1.54, 1.807) is 36.4 Å². The van der Waals surface area contributed by atoms with Gasteiger partial charge in [0.25, 0.3) is 5.56 Å². The first kappa shape index (κ1) is 19.8. The zero-order chi connectivity index (χ0) is 20.1. The molecule has 0 saturated carbocycles. The van der Waals surface area contributed by atoms with Crippen molar-refractivity contribution in [2.45, 2.75) is 25.9 Å². The maximum absolute atomic E-state index is 13.0. The van der Waals surface area contributed by atoms with Gasteiger partial charge in [0.15, 0.2) is 0 Å². The topological polar surface area (TPSA) is 64.0 Å². The molecule has 7 heteroatoms. The fourth-order valence-electron chi connectivity index (χ4n) is 2.77. The van der Waals surface area contributed by atoms with Gasteiger partial charge in [-0.2, -0.15) is 5.10 Å². The molecule has 0 aliphatic heterocycles. The third-order valence-electron chi connectivity index (χ3n) is 4.29. The first-order valence-electron chi connectivity index (χ1n) is 8.81. The maximum atomic E-state index is 13.0. The molecular formula is C21H19ClFN3O2. The molecule has 3 rings (SSSR count). The predicted molar refractivity (Wildman–Crippen MR) is 107 cm³/mol. The summed E-state index contributed by atoms with van der Waals surface area (Å²) in [5, 5.41) is 7.74. The van der Waals surface area contributed by atoms with Gasteiger partial charge in [-0.1, -0.05) is 35.9 Å². The van der Waals surface area contributed by atoms with Crippen molar-refractivity contribution in [1.29, 1.82) is 0 Å². The van der Waals surface area contributed by atoms with Crippen LogP contribution in [-0.2, 0) is 11.3 Å². The number of halogens is 2. The van der Waals surface area contributed by atoms with Crippen LogP contribution in [0, 0.1) is 5.82 Å². The van der Waals surface area contributed by atoms with E-state index in [4.69, 9.17) is 11.6 Å². The van der Waals surface area contributed by atoms with Gasteiger partial charge in [-0.25, -0.2) is 9.07 Å². The molecular weight excluding hydrogens is 381 g/mol. The summed E-state index contributed by atoms with van der Waals surface area (Å²) < 4.78 is 14.3. The molecule has 0 aliphatic carbocycles. The molecule has 1 N–H and O–H groups in total.